The molecule has 192 valence electrons. The van der Waals surface area contributed by atoms with E-state index in [1.165, 1.54) is 16.0 Å². The number of carbonyl (C=O) groups is 3. The molecule has 1 unspecified atom stereocenters. The van der Waals surface area contributed by atoms with Crippen LogP contribution in [0.1, 0.15) is 48.7 Å². The van der Waals surface area contributed by atoms with Crippen LogP contribution in [-0.4, -0.2) is 55.6 Å². The molecule has 1 atom stereocenters. The lowest BCUT2D eigenvalue weighted by molar-refractivity contribution is -0.127. The lowest BCUT2D eigenvalue weighted by Gasteiger charge is -2.25. The first-order valence-electron chi connectivity index (χ1n) is 12.1. The molecular formula is C28H36N4O4. The first-order chi connectivity index (χ1) is 17.3. The topological polar surface area (TPSA) is 91.3 Å². The lowest BCUT2D eigenvalue weighted by Crippen LogP contribution is -2.38. The van der Waals surface area contributed by atoms with Crippen molar-refractivity contribution in [1.82, 2.24) is 10.2 Å². The number of amides is 2. The monoisotopic (exact) mass is 492 g/mol. The van der Waals surface area contributed by atoms with Crippen LogP contribution in [-0.2, 0) is 16.1 Å². The fraction of sp³-hybridized carbons (Fsp3) is 0.357. The molecule has 0 aromatic heterocycles. The Bertz CT molecular complexity index is 1120. The van der Waals surface area contributed by atoms with E-state index >= 15 is 0 Å². The number of ether oxygens (including phenoxy) is 1. The van der Waals surface area contributed by atoms with E-state index in [0.717, 1.165) is 16.9 Å². The van der Waals surface area contributed by atoms with Gasteiger partial charge in [0.05, 0.1) is 19.6 Å². The van der Waals surface area contributed by atoms with E-state index in [-0.39, 0.29) is 30.6 Å². The number of allylic oxidation sites excluding steroid dienone is 1. The molecule has 0 saturated heterocycles. The van der Waals surface area contributed by atoms with Gasteiger partial charge >= 0.3 is 0 Å². The summed E-state index contributed by atoms with van der Waals surface area (Å²) in [5, 5.41) is 2.85. The number of ketones is 1. The van der Waals surface area contributed by atoms with Crippen molar-refractivity contribution in [3.63, 3.8) is 0 Å². The second-order valence-electron chi connectivity index (χ2n) is 8.13. The number of hydrogen-bond acceptors (Lipinski definition) is 6. The third-order valence-electron chi connectivity index (χ3n) is 5.29. The van der Waals surface area contributed by atoms with E-state index in [1.54, 1.807) is 50.6 Å². The average molecular weight is 493 g/mol. The summed E-state index contributed by atoms with van der Waals surface area (Å²) in [5.74, 6) is -0.0986. The molecule has 0 saturated carbocycles. The van der Waals surface area contributed by atoms with E-state index in [1.807, 2.05) is 45.9 Å². The largest absolute Gasteiger partial charge is 0.494 e. The van der Waals surface area contributed by atoms with Gasteiger partial charge in [-0.25, -0.2) is 0 Å². The lowest BCUT2D eigenvalue weighted by atomic mass is 10.1. The summed E-state index contributed by atoms with van der Waals surface area (Å²) in [6.07, 6.45) is 3.71. The molecule has 1 N–H and O–H groups in total. The Hall–Kier alpha value is -3.94. The highest BCUT2D eigenvalue weighted by Gasteiger charge is 2.25. The van der Waals surface area contributed by atoms with Gasteiger partial charge in [-0.1, -0.05) is 32.0 Å². The van der Waals surface area contributed by atoms with Crippen LogP contribution in [0.3, 0.4) is 0 Å². The number of nitrogens with zero attached hydrogens (tertiary/aromatic N) is 3. The molecule has 1 aliphatic rings. The van der Waals surface area contributed by atoms with Gasteiger partial charge < -0.3 is 19.9 Å². The van der Waals surface area contributed by atoms with Gasteiger partial charge in [0, 0.05) is 31.6 Å². The molecule has 2 aromatic carbocycles. The van der Waals surface area contributed by atoms with Crippen LogP contribution < -0.4 is 15.0 Å². The molecule has 0 radical (unpaired) electrons. The number of benzene rings is 2. The summed E-state index contributed by atoms with van der Waals surface area (Å²) in [7, 11) is 3.34. The van der Waals surface area contributed by atoms with Gasteiger partial charge in [-0.05, 0) is 61.5 Å². The Kier molecular flexibility index (Phi) is 10.9. The van der Waals surface area contributed by atoms with Crippen LogP contribution in [0, 0.1) is 6.92 Å². The summed E-state index contributed by atoms with van der Waals surface area (Å²) in [6.45, 7) is 8.67. The zero-order chi connectivity index (χ0) is 26.7. The van der Waals surface area contributed by atoms with Crippen molar-refractivity contribution in [2.75, 3.05) is 25.6 Å². The molecule has 8 heteroatoms. The van der Waals surface area contributed by atoms with E-state index < -0.39 is 6.17 Å². The van der Waals surface area contributed by atoms with Gasteiger partial charge in [0.2, 0.25) is 5.91 Å². The van der Waals surface area contributed by atoms with E-state index in [0.29, 0.717) is 17.9 Å². The maximum atomic E-state index is 13.4. The third-order valence-corrected chi connectivity index (χ3v) is 5.29. The number of nitrogens with one attached hydrogen (secondary N) is 1. The van der Waals surface area contributed by atoms with Gasteiger partial charge in [0.25, 0.3) is 5.91 Å². The van der Waals surface area contributed by atoms with Crippen molar-refractivity contribution in [2.45, 2.75) is 46.8 Å². The summed E-state index contributed by atoms with van der Waals surface area (Å²) in [6, 6.07) is 12.6. The molecule has 0 fully saturated rings. The van der Waals surface area contributed by atoms with Crippen molar-refractivity contribution in [1.29, 1.82) is 0 Å². The number of anilines is 1. The van der Waals surface area contributed by atoms with Gasteiger partial charge in [0.1, 0.15) is 5.75 Å². The maximum Gasteiger partial charge on any atom is 0.253 e. The quantitative estimate of drug-likeness (QED) is 0.532. The minimum Gasteiger partial charge on any atom is -0.494 e. The fourth-order valence-corrected chi connectivity index (χ4v) is 3.58. The number of aryl methyl sites for hydroxylation is 1. The molecule has 0 spiro atoms. The van der Waals surface area contributed by atoms with Crippen LogP contribution in [0.25, 0.3) is 0 Å². The SMILES string of the molecule is CC.CCOc1ccc(CN(C(=O)CC(=O)C2N=CC=CN2)c2cccc(C(=O)N(C)C)c2)cc1C. The number of hydrogen-bond donors (Lipinski definition) is 1. The Morgan fingerprint density at radius 2 is 1.83 bits per heavy atom. The second kappa shape index (κ2) is 13.8. The smallest absolute Gasteiger partial charge is 0.253 e. The molecule has 1 heterocycles. The molecule has 3 rings (SSSR count). The molecule has 0 aliphatic carbocycles. The summed E-state index contributed by atoms with van der Waals surface area (Å²) < 4.78 is 5.62. The van der Waals surface area contributed by atoms with Crippen LogP contribution >= 0.6 is 0 Å². The highest BCUT2D eigenvalue weighted by atomic mass is 16.5. The van der Waals surface area contributed by atoms with Crippen molar-refractivity contribution >= 4 is 29.5 Å². The summed E-state index contributed by atoms with van der Waals surface area (Å²) in [4.78, 5) is 45.6. The Balaban J connectivity index is 0.00000222. The van der Waals surface area contributed by atoms with Crippen molar-refractivity contribution in [2.24, 2.45) is 4.99 Å². The van der Waals surface area contributed by atoms with Crippen LogP contribution in [0.15, 0.2) is 59.7 Å². The maximum absolute atomic E-state index is 13.4. The van der Waals surface area contributed by atoms with E-state index in [9.17, 15) is 14.4 Å². The average Bonchev–Trinajstić information content (AvgIpc) is 2.90. The van der Waals surface area contributed by atoms with Crippen molar-refractivity contribution in [3.05, 3.63) is 71.4 Å². The molecule has 36 heavy (non-hydrogen) atoms. The highest BCUT2D eigenvalue weighted by Crippen LogP contribution is 2.24. The predicted molar refractivity (Wildman–Crippen MR) is 144 cm³/mol. The third kappa shape index (κ3) is 7.53. The summed E-state index contributed by atoms with van der Waals surface area (Å²) >= 11 is 0. The first kappa shape index (κ1) is 28.3. The van der Waals surface area contributed by atoms with Crippen LogP contribution in [0.2, 0.25) is 0 Å². The number of carbonyl (C=O) groups excluding carboxylic acids is 3. The minimum absolute atomic E-state index is 0.172. The number of aliphatic imine (C=N–C) groups is 1. The molecular weight excluding hydrogens is 456 g/mol. The molecule has 1 aliphatic heterocycles. The Morgan fingerprint density at radius 1 is 1.08 bits per heavy atom. The number of Topliss-reactive ketones (excluding diaryl/α,β-unsaturated/α-hetero) is 1. The van der Waals surface area contributed by atoms with Crippen LogP contribution in [0.5, 0.6) is 5.75 Å². The standard InChI is InChI=1S/C26H30N4O4.C2H6/c1-5-34-23-11-10-19(14-18(23)2)17-30(21-9-6-8-20(15-21)26(33)29(3)4)24(32)16-22(31)25-27-12-7-13-28-25;1-2/h6-15,25,27H,5,16-17H2,1-4H3;1-2H3. The van der Waals surface area contributed by atoms with Gasteiger partial charge in [0.15, 0.2) is 11.9 Å². The molecule has 0 bridgehead atoms. The van der Waals surface area contributed by atoms with Crippen LogP contribution in [0.4, 0.5) is 5.69 Å². The normalized spacial score (nSPS) is 13.7. The van der Waals surface area contributed by atoms with Gasteiger partial charge in [-0.3, -0.25) is 19.4 Å². The first-order valence-corrected chi connectivity index (χ1v) is 12.1. The van der Waals surface area contributed by atoms with Gasteiger partial charge in [-0.2, -0.15) is 0 Å². The molecule has 8 nitrogen and oxygen atoms in total. The molecule has 2 amide bonds. The highest BCUT2D eigenvalue weighted by molar-refractivity contribution is 6.08. The second-order valence-corrected chi connectivity index (χ2v) is 8.13. The van der Waals surface area contributed by atoms with E-state index in [2.05, 4.69) is 10.3 Å². The fourth-order valence-electron chi connectivity index (χ4n) is 3.58. The zero-order valence-electron chi connectivity index (χ0n) is 21.9. The Morgan fingerprint density at radius 3 is 2.44 bits per heavy atom. The Labute approximate surface area is 213 Å². The summed E-state index contributed by atoms with van der Waals surface area (Å²) in [5.41, 5.74) is 2.82. The molecule has 2 aromatic rings. The van der Waals surface area contributed by atoms with E-state index in [4.69, 9.17) is 4.74 Å². The number of rotatable bonds is 9. The van der Waals surface area contributed by atoms with Crippen molar-refractivity contribution in [3.8, 4) is 5.75 Å². The van der Waals surface area contributed by atoms with Gasteiger partial charge in [-0.15, -0.1) is 0 Å². The predicted octanol–water partition coefficient (Wildman–Crippen LogP) is 4.13. The zero-order valence-corrected chi connectivity index (χ0v) is 21.9. The minimum atomic E-state index is -0.787. The van der Waals surface area contributed by atoms with Crippen molar-refractivity contribution < 1.29 is 19.1 Å².